The van der Waals surface area contributed by atoms with Crippen LogP contribution in [0.4, 0.5) is 5.69 Å². The molecule has 0 atom stereocenters. The second kappa shape index (κ2) is 9.63. The van der Waals surface area contributed by atoms with Crippen LogP contribution in [0.15, 0.2) is 47.4 Å². The van der Waals surface area contributed by atoms with Crippen LogP contribution in [-0.2, 0) is 16.6 Å². The molecule has 0 aromatic heterocycles. The number of anilines is 1. The number of benzene rings is 2. The maximum absolute atomic E-state index is 13.4. The van der Waals surface area contributed by atoms with Crippen LogP contribution in [0.5, 0.6) is 0 Å². The van der Waals surface area contributed by atoms with Gasteiger partial charge in [-0.3, -0.25) is 4.79 Å². The van der Waals surface area contributed by atoms with Gasteiger partial charge in [0, 0.05) is 51.0 Å². The molecular weight excluding hydrogens is 422 g/mol. The van der Waals surface area contributed by atoms with E-state index in [9.17, 15) is 13.2 Å². The highest BCUT2D eigenvalue weighted by Crippen LogP contribution is 2.27. The van der Waals surface area contributed by atoms with Crippen LogP contribution in [0.25, 0.3) is 0 Å². The first-order chi connectivity index (χ1) is 15.4. The van der Waals surface area contributed by atoms with Crippen LogP contribution in [0.2, 0.25) is 0 Å². The van der Waals surface area contributed by atoms with Crippen molar-refractivity contribution in [1.82, 2.24) is 9.21 Å². The van der Waals surface area contributed by atoms with Crippen molar-refractivity contribution in [3.63, 3.8) is 0 Å². The highest BCUT2D eigenvalue weighted by atomic mass is 32.2. The van der Waals surface area contributed by atoms with Crippen LogP contribution in [0.3, 0.4) is 0 Å². The third-order valence-electron chi connectivity index (χ3n) is 6.58. The summed E-state index contributed by atoms with van der Waals surface area (Å²) in [6, 6.07) is 13.2. The quantitative estimate of drug-likeness (QED) is 0.660. The van der Waals surface area contributed by atoms with Crippen LogP contribution in [0, 0.1) is 6.92 Å². The van der Waals surface area contributed by atoms with Gasteiger partial charge in [0.15, 0.2) is 0 Å². The van der Waals surface area contributed by atoms with Gasteiger partial charge < -0.3 is 9.80 Å². The Kier molecular flexibility index (Phi) is 6.86. The van der Waals surface area contributed by atoms with Crippen LogP contribution in [-0.4, -0.2) is 56.8 Å². The molecule has 6 nitrogen and oxygen atoms in total. The van der Waals surface area contributed by atoms with E-state index in [2.05, 4.69) is 17.0 Å². The third-order valence-corrected chi connectivity index (χ3v) is 8.48. The minimum atomic E-state index is -3.58. The number of carbonyl (C=O) groups is 1. The fraction of sp³-hybridized carbons (Fsp3) is 0.480. The van der Waals surface area contributed by atoms with Gasteiger partial charge >= 0.3 is 0 Å². The number of rotatable bonds is 6. The van der Waals surface area contributed by atoms with E-state index < -0.39 is 10.0 Å². The Hall–Kier alpha value is -2.38. The van der Waals surface area contributed by atoms with Crippen molar-refractivity contribution in [2.24, 2.45) is 0 Å². The van der Waals surface area contributed by atoms with E-state index in [1.165, 1.54) is 18.5 Å². The van der Waals surface area contributed by atoms with Crippen LogP contribution in [0.1, 0.15) is 53.6 Å². The predicted molar refractivity (Wildman–Crippen MR) is 127 cm³/mol. The molecule has 2 saturated heterocycles. The number of para-hydroxylation sites is 1. The Bertz CT molecular complexity index is 1070. The van der Waals surface area contributed by atoms with Crippen molar-refractivity contribution in [2.45, 2.75) is 50.5 Å². The summed E-state index contributed by atoms with van der Waals surface area (Å²) in [6.45, 7) is 5.53. The van der Waals surface area contributed by atoms with Crippen molar-refractivity contribution in [3.8, 4) is 0 Å². The van der Waals surface area contributed by atoms with Gasteiger partial charge in [-0.15, -0.1) is 0 Å². The topological polar surface area (TPSA) is 60.9 Å². The number of piperidine rings is 1. The summed E-state index contributed by atoms with van der Waals surface area (Å²) in [5, 5.41) is 0. The van der Waals surface area contributed by atoms with E-state index in [0.29, 0.717) is 25.2 Å². The van der Waals surface area contributed by atoms with E-state index in [0.717, 1.165) is 43.5 Å². The summed E-state index contributed by atoms with van der Waals surface area (Å²) < 4.78 is 27.8. The number of sulfonamides is 1. The van der Waals surface area contributed by atoms with Crippen molar-refractivity contribution in [3.05, 3.63) is 59.2 Å². The first kappa shape index (κ1) is 22.8. The standard InChI is InChI=1S/C25H33N3O3S/c1-20-12-13-22(32(30,31)28-16-6-3-7-17-28)18-23(20)25(29)26(2)19-21-10-4-5-11-24(21)27-14-8-9-15-27/h4-5,10-13,18H,3,6-9,14-17,19H2,1-2H3. The lowest BCUT2D eigenvalue weighted by Crippen LogP contribution is -2.36. The Labute approximate surface area is 191 Å². The molecule has 0 N–H and O–H groups in total. The SMILES string of the molecule is Cc1ccc(S(=O)(=O)N2CCCCC2)cc1C(=O)N(C)Cc1ccccc1N1CCCC1. The van der Waals surface area contributed by atoms with Crippen molar-refractivity contribution >= 4 is 21.6 Å². The van der Waals surface area contributed by atoms with E-state index in [1.807, 2.05) is 19.1 Å². The van der Waals surface area contributed by atoms with Gasteiger partial charge in [0.25, 0.3) is 5.91 Å². The van der Waals surface area contributed by atoms with Gasteiger partial charge in [0.2, 0.25) is 10.0 Å². The molecule has 2 heterocycles. The van der Waals surface area contributed by atoms with E-state index in [1.54, 1.807) is 34.5 Å². The Balaban J connectivity index is 1.56. The minimum Gasteiger partial charge on any atom is -0.371 e. The van der Waals surface area contributed by atoms with Crippen LogP contribution < -0.4 is 4.90 Å². The Morgan fingerprint density at radius 2 is 1.59 bits per heavy atom. The average molecular weight is 456 g/mol. The molecule has 2 aliphatic heterocycles. The second-order valence-corrected chi connectivity index (χ2v) is 10.9. The molecule has 0 radical (unpaired) electrons. The van der Waals surface area contributed by atoms with Crippen LogP contribution >= 0.6 is 0 Å². The molecule has 0 saturated carbocycles. The molecular formula is C25H33N3O3S. The zero-order valence-corrected chi connectivity index (χ0v) is 19.9. The first-order valence-corrected chi connectivity index (χ1v) is 13.0. The molecule has 1 amide bonds. The van der Waals surface area contributed by atoms with Gasteiger partial charge in [-0.2, -0.15) is 4.31 Å². The maximum atomic E-state index is 13.4. The Morgan fingerprint density at radius 3 is 2.31 bits per heavy atom. The second-order valence-electron chi connectivity index (χ2n) is 8.93. The smallest absolute Gasteiger partial charge is 0.254 e. The number of carbonyl (C=O) groups excluding carboxylic acids is 1. The molecule has 2 aromatic carbocycles. The van der Waals surface area contributed by atoms with Crippen molar-refractivity contribution < 1.29 is 13.2 Å². The molecule has 2 fully saturated rings. The predicted octanol–water partition coefficient (Wildman–Crippen LogP) is 4.04. The number of hydrogen-bond donors (Lipinski definition) is 0. The molecule has 4 rings (SSSR count). The summed E-state index contributed by atoms with van der Waals surface area (Å²) in [5.74, 6) is -0.158. The number of amides is 1. The average Bonchev–Trinajstić information content (AvgIpc) is 3.34. The maximum Gasteiger partial charge on any atom is 0.254 e. The van der Waals surface area contributed by atoms with Gasteiger partial charge in [-0.25, -0.2) is 8.42 Å². The summed E-state index contributed by atoms with van der Waals surface area (Å²) in [5.41, 5.74) is 3.53. The highest BCUT2D eigenvalue weighted by molar-refractivity contribution is 7.89. The number of aryl methyl sites for hydroxylation is 1. The zero-order chi connectivity index (χ0) is 22.7. The Morgan fingerprint density at radius 1 is 0.938 bits per heavy atom. The summed E-state index contributed by atoms with van der Waals surface area (Å²) >= 11 is 0. The monoisotopic (exact) mass is 455 g/mol. The van der Waals surface area contributed by atoms with E-state index in [4.69, 9.17) is 0 Å². The molecule has 32 heavy (non-hydrogen) atoms. The summed E-state index contributed by atoms with van der Waals surface area (Å²) in [6.07, 6.45) is 5.22. The molecule has 0 spiro atoms. The van der Waals surface area contributed by atoms with Gasteiger partial charge in [0.05, 0.1) is 4.90 Å². The zero-order valence-electron chi connectivity index (χ0n) is 19.1. The lowest BCUT2D eigenvalue weighted by atomic mass is 10.1. The first-order valence-electron chi connectivity index (χ1n) is 11.6. The lowest BCUT2D eigenvalue weighted by Gasteiger charge is -2.27. The van der Waals surface area contributed by atoms with E-state index >= 15 is 0 Å². The normalized spacial score (nSPS) is 17.5. The van der Waals surface area contributed by atoms with E-state index in [-0.39, 0.29) is 10.8 Å². The number of nitrogens with zero attached hydrogens (tertiary/aromatic N) is 3. The fourth-order valence-corrected chi connectivity index (χ4v) is 6.23. The summed E-state index contributed by atoms with van der Waals surface area (Å²) in [7, 11) is -1.80. The molecule has 2 aliphatic rings. The van der Waals surface area contributed by atoms with Crippen molar-refractivity contribution in [1.29, 1.82) is 0 Å². The molecule has 0 unspecified atom stereocenters. The molecule has 0 aliphatic carbocycles. The largest absolute Gasteiger partial charge is 0.371 e. The van der Waals surface area contributed by atoms with Gasteiger partial charge in [-0.05, 0) is 61.9 Å². The molecule has 172 valence electrons. The minimum absolute atomic E-state index is 0.158. The summed E-state index contributed by atoms with van der Waals surface area (Å²) in [4.78, 5) is 17.6. The molecule has 2 aromatic rings. The molecule has 0 bridgehead atoms. The highest BCUT2D eigenvalue weighted by Gasteiger charge is 2.27. The third kappa shape index (κ3) is 4.69. The van der Waals surface area contributed by atoms with Gasteiger partial charge in [0.1, 0.15) is 0 Å². The molecule has 7 heteroatoms. The lowest BCUT2D eigenvalue weighted by molar-refractivity contribution is 0.0784. The van der Waals surface area contributed by atoms with Gasteiger partial charge in [-0.1, -0.05) is 30.7 Å². The number of hydrogen-bond acceptors (Lipinski definition) is 4. The van der Waals surface area contributed by atoms with Crippen molar-refractivity contribution in [2.75, 3.05) is 38.1 Å². The fourth-order valence-electron chi connectivity index (χ4n) is 4.69.